The van der Waals surface area contributed by atoms with Crippen LogP contribution in [-0.4, -0.2) is 44.3 Å². The molecule has 38 heavy (non-hydrogen) atoms. The van der Waals surface area contributed by atoms with Gasteiger partial charge >= 0.3 is 0 Å². The summed E-state index contributed by atoms with van der Waals surface area (Å²) < 4.78 is 43.0. The largest absolute Gasteiger partial charge is 0.354 e. The molecule has 0 bridgehead atoms. The summed E-state index contributed by atoms with van der Waals surface area (Å²) in [7, 11) is -4.31. The van der Waals surface area contributed by atoms with Gasteiger partial charge in [0.05, 0.1) is 10.6 Å². The Kier molecular flexibility index (Phi) is 9.63. The summed E-state index contributed by atoms with van der Waals surface area (Å²) >= 11 is 0. The van der Waals surface area contributed by atoms with Crippen LogP contribution in [0.5, 0.6) is 0 Å². The smallest absolute Gasteiger partial charge is 0.264 e. The minimum absolute atomic E-state index is 0.0794. The number of nitrogens with one attached hydrogen (secondary N) is 1. The van der Waals surface area contributed by atoms with Crippen LogP contribution in [0.4, 0.5) is 10.1 Å². The molecule has 3 aromatic carbocycles. The standard InChI is InChI=1S/C29H34FN3O4S/c1-21(2)18-31-29(35)23(4)32(19-24-13-9-8-12-22(24)3)28(34)20-33(27-17-11-10-16-26(27)30)38(36,37)25-14-6-5-7-15-25/h5-17,21,23H,18-20H2,1-4H3,(H,31,35)/t23-/m0/s1. The number of para-hydroxylation sites is 1. The van der Waals surface area contributed by atoms with Gasteiger partial charge in [0.2, 0.25) is 11.8 Å². The molecule has 0 fully saturated rings. The molecule has 0 saturated heterocycles. The van der Waals surface area contributed by atoms with Gasteiger partial charge in [-0.15, -0.1) is 0 Å². The maximum absolute atomic E-state index is 14.9. The average Bonchev–Trinajstić information content (AvgIpc) is 2.90. The van der Waals surface area contributed by atoms with Crippen molar-refractivity contribution in [3.8, 4) is 0 Å². The van der Waals surface area contributed by atoms with Crippen molar-refractivity contribution in [2.75, 3.05) is 17.4 Å². The van der Waals surface area contributed by atoms with Crippen molar-refractivity contribution < 1.29 is 22.4 Å². The molecule has 0 spiro atoms. The number of nitrogens with zero attached hydrogens (tertiary/aromatic N) is 2. The molecular weight excluding hydrogens is 505 g/mol. The lowest BCUT2D eigenvalue weighted by Gasteiger charge is -2.32. The molecule has 9 heteroatoms. The number of aryl methyl sites for hydroxylation is 1. The highest BCUT2D eigenvalue weighted by Gasteiger charge is 2.33. The van der Waals surface area contributed by atoms with Crippen LogP contribution in [-0.2, 0) is 26.2 Å². The van der Waals surface area contributed by atoms with E-state index in [9.17, 15) is 22.4 Å². The molecule has 202 valence electrons. The van der Waals surface area contributed by atoms with Gasteiger partial charge in [-0.1, -0.05) is 68.4 Å². The topological polar surface area (TPSA) is 86.8 Å². The van der Waals surface area contributed by atoms with Crippen LogP contribution < -0.4 is 9.62 Å². The molecule has 3 aromatic rings. The van der Waals surface area contributed by atoms with Gasteiger partial charge in [0.25, 0.3) is 10.0 Å². The van der Waals surface area contributed by atoms with Crippen molar-refractivity contribution >= 4 is 27.5 Å². The molecule has 1 atom stereocenters. The summed E-state index contributed by atoms with van der Waals surface area (Å²) in [6.45, 7) is 7.24. The summed E-state index contributed by atoms with van der Waals surface area (Å²) in [6, 6.07) is 19.5. The normalized spacial score (nSPS) is 12.2. The summed E-state index contributed by atoms with van der Waals surface area (Å²) in [4.78, 5) is 28.1. The lowest BCUT2D eigenvalue weighted by Crippen LogP contribution is -2.51. The number of rotatable bonds is 11. The fourth-order valence-electron chi connectivity index (χ4n) is 3.89. The molecule has 1 N–H and O–H groups in total. The third-order valence-electron chi connectivity index (χ3n) is 6.18. The van der Waals surface area contributed by atoms with Gasteiger partial charge in [0.1, 0.15) is 18.4 Å². The van der Waals surface area contributed by atoms with Crippen LogP contribution in [0.25, 0.3) is 0 Å². The van der Waals surface area contributed by atoms with Crippen LogP contribution in [0, 0.1) is 18.7 Å². The van der Waals surface area contributed by atoms with Gasteiger partial charge in [-0.2, -0.15) is 0 Å². The lowest BCUT2D eigenvalue weighted by atomic mass is 10.1. The van der Waals surface area contributed by atoms with Crippen LogP contribution in [0.15, 0.2) is 83.8 Å². The van der Waals surface area contributed by atoms with E-state index in [1.807, 2.05) is 45.0 Å². The number of carbonyl (C=O) groups is 2. The SMILES string of the molecule is Cc1ccccc1CN(C(=O)CN(c1ccccc1F)S(=O)(=O)c1ccccc1)[C@@H](C)C(=O)NCC(C)C. The first-order valence-corrected chi connectivity index (χ1v) is 13.9. The summed E-state index contributed by atoms with van der Waals surface area (Å²) in [5.74, 6) is -1.57. The molecule has 3 rings (SSSR count). The number of sulfonamides is 1. The first-order chi connectivity index (χ1) is 18.0. The van der Waals surface area contributed by atoms with Crippen LogP contribution in [0.2, 0.25) is 0 Å². The Balaban J connectivity index is 2.02. The Bertz CT molecular complexity index is 1360. The third-order valence-corrected chi connectivity index (χ3v) is 7.96. The van der Waals surface area contributed by atoms with Gasteiger partial charge in [-0.25, -0.2) is 12.8 Å². The van der Waals surface area contributed by atoms with E-state index >= 15 is 0 Å². The number of halogens is 1. The molecule has 7 nitrogen and oxygen atoms in total. The zero-order valence-electron chi connectivity index (χ0n) is 22.1. The second-order valence-electron chi connectivity index (χ2n) is 9.54. The Hall–Kier alpha value is -3.72. The van der Waals surface area contributed by atoms with E-state index in [0.29, 0.717) is 6.54 Å². The summed E-state index contributed by atoms with van der Waals surface area (Å²) in [5, 5.41) is 2.84. The highest BCUT2D eigenvalue weighted by atomic mass is 32.2. The Morgan fingerprint density at radius 3 is 2.13 bits per heavy atom. The minimum Gasteiger partial charge on any atom is -0.354 e. The summed E-state index contributed by atoms with van der Waals surface area (Å²) in [6.07, 6.45) is 0. The Morgan fingerprint density at radius 1 is 0.895 bits per heavy atom. The molecule has 0 aliphatic heterocycles. The molecule has 0 radical (unpaired) electrons. The maximum atomic E-state index is 14.9. The van der Waals surface area contributed by atoms with Crippen molar-refractivity contribution in [2.24, 2.45) is 5.92 Å². The van der Waals surface area contributed by atoms with Crippen LogP contribution in [0.3, 0.4) is 0 Å². The zero-order valence-corrected chi connectivity index (χ0v) is 22.9. The average molecular weight is 540 g/mol. The minimum atomic E-state index is -4.31. The maximum Gasteiger partial charge on any atom is 0.264 e. The second kappa shape index (κ2) is 12.7. The van der Waals surface area contributed by atoms with E-state index in [2.05, 4.69) is 5.32 Å². The highest BCUT2D eigenvalue weighted by molar-refractivity contribution is 7.92. The van der Waals surface area contributed by atoms with Gasteiger partial charge in [0, 0.05) is 13.1 Å². The van der Waals surface area contributed by atoms with Crippen LogP contribution in [0.1, 0.15) is 31.9 Å². The summed E-state index contributed by atoms with van der Waals surface area (Å²) in [5.41, 5.74) is 1.48. The quantitative estimate of drug-likeness (QED) is 0.388. The van der Waals surface area contributed by atoms with E-state index in [0.717, 1.165) is 21.5 Å². The van der Waals surface area contributed by atoms with Crippen molar-refractivity contribution in [1.82, 2.24) is 10.2 Å². The number of amides is 2. The first kappa shape index (κ1) is 28.8. The second-order valence-corrected chi connectivity index (χ2v) is 11.4. The van der Waals surface area contributed by atoms with Crippen molar-refractivity contribution in [3.63, 3.8) is 0 Å². The van der Waals surface area contributed by atoms with Gasteiger partial charge < -0.3 is 10.2 Å². The van der Waals surface area contributed by atoms with E-state index in [-0.39, 0.29) is 29.0 Å². The zero-order chi connectivity index (χ0) is 27.9. The molecule has 0 aliphatic carbocycles. The molecule has 2 amide bonds. The Labute approximate surface area is 224 Å². The van der Waals surface area contributed by atoms with Gasteiger partial charge in [0.15, 0.2) is 0 Å². The molecular formula is C29H34FN3O4S. The van der Waals surface area contributed by atoms with E-state index in [1.165, 1.54) is 35.2 Å². The van der Waals surface area contributed by atoms with E-state index in [4.69, 9.17) is 0 Å². The predicted molar refractivity (Wildman–Crippen MR) is 146 cm³/mol. The van der Waals surface area contributed by atoms with Crippen molar-refractivity contribution in [2.45, 2.75) is 45.2 Å². The number of hydrogen-bond donors (Lipinski definition) is 1. The molecule has 0 saturated carbocycles. The fraction of sp³-hybridized carbons (Fsp3) is 0.310. The first-order valence-electron chi connectivity index (χ1n) is 12.5. The van der Waals surface area contributed by atoms with Crippen molar-refractivity contribution in [1.29, 1.82) is 0 Å². The van der Waals surface area contributed by atoms with Crippen molar-refractivity contribution in [3.05, 3.63) is 95.8 Å². The van der Waals surface area contributed by atoms with Gasteiger partial charge in [-0.05, 0) is 55.2 Å². The Morgan fingerprint density at radius 2 is 1.50 bits per heavy atom. The molecule has 0 unspecified atom stereocenters. The fourth-order valence-corrected chi connectivity index (χ4v) is 5.34. The van der Waals surface area contributed by atoms with E-state index < -0.39 is 34.3 Å². The monoisotopic (exact) mass is 539 g/mol. The third kappa shape index (κ3) is 6.98. The number of carbonyl (C=O) groups excluding carboxylic acids is 2. The van der Waals surface area contributed by atoms with Crippen LogP contribution >= 0.6 is 0 Å². The lowest BCUT2D eigenvalue weighted by molar-refractivity contribution is -0.139. The number of anilines is 1. The molecule has 0 aromatic heterocycles. The predicted octanol–water partition coefficient (Wildman–Crippen LogP) is 4.52. The number of benzene rings is 3. The highest BCUT2D eigenvalue weighted by Crippen LogP contribution is 2.27. The number of hydrogen-bond acceptors (Lipinski definition) is 4. The molecule has 0 aliphatic rings. The molecule has 0 heterocycles. The van der Waals surface area contributed by atoms with E-state index in [1.54, 1.807) is 25.1 Å². The van der Waals surface area contributed by atoms with Gasteiger partial charge in [-0.3, -0.25) is 13.9 Å².